The number of carboxylic acid groups (broad SMARTS) is 1. The molecule has 0 atom stereocenters. The standard InChI is InChI=1S/C19H21N6O4S.3CH3.Sn/c1-11(2)24(19(26)27)6-3-7-25-17-15(16(20)21-9-22-17)23-18(25)30-12-4-5-13-14(8-12)29-10-28-13;;;;/h5,8-9,11H,3,6-7,10H2,1-2H3,(H,26,27)(H2,20,21,22);3*1H3;. The first-order valence-electron chi connectivity index (χ1n) is 11.1. The molecule has 1 aliphatic heterocycles. The number of nitrogens with zero attached hydrogens (tertiary/aromatic N) is 5. The van der Waals surface area contributed by atoms with Crippen LogP contribution in [0.15, 0.2) is 28.5 Å². The zero-order valence-corrected chi connectivity index (χ0v) is 23.7. The molecule has 3 heterocycles. The number of hydrogen-bond donors (Lipinski definition) is 2. The minimum atomic E-state index is -2.54. The first kappa shape index (κ1) is 24.7. The average molecular weight is 593 g/mol. The molecule has 1 aromatic carbocycles. The van der Waals surface area contributed by atoms with Crippen molar-refractivity contribution in [3.63, 3.8) is 0 Å². The van der Waals surface area contributed by atoms with Gasteiger partial charge in [0.2, 0.25) is 0 Å². The van der Waals surface area contributed by atoms with Gasteiger partial charge in [0.05, 0.1) is 0 Å². The van der Waals surface area contributed by atoms with Crippen molar-refractivity contribution in [2.45, 2.75) is 57.7 Å². The van der Waals surface area contributed by atoms with Crippen LogP contribution in [0.4, 0.5) is 10.6 Å². The molecule has 0 unspecified atom stereocenters. The van der Waals surface area contributed by atoms with Crippen molar-refractivity contribution < 1.29 is 19.4 Å². The number of benzene rings is 1. The quantitative estimate of drug-likeness (QED) is 0.377. The molecule has 1 aliphatic rings. The number of anilines is 1. The molecule has 0 spiro atoms. The Morgan fingerprint density at radius 2 is 1.97 bits per heavy atom. The van der Waals surface area contributed by atoms with Gasteiger partial charge in [0.1, 0.15) is 0 Å². The van der Waals surface area contributed by atoms with E-state index < -0.39 is 24.5 Å². The predicted octanol–water partition coefficient (Wildman–Crippen LogP) is 3.61. The number of rotatable bonds is 8. The molecular formula is C22H30N6O4SSn. The molecule has 12 heteroatoms. The Kier molecular flexibility index (Phi) is 7.04. The van der Waals surface area contributed by atoms with Gasteiger partial charge >= 0.3 is 207 Å². The summed E-state index contributed by atoms with van der Waals surface area (Å²) in [5, 5.41) is 10.2. The first-order chi connectivity index (χ1) is 16.1. The first-order valence-corrected chi connectivity index (χ1v) is 21.9. The van der Waals surface area contributed by atoms with E-state index in [1.54, 1.807) is 11.8 Å². The number of aryl methyl sites for hydroxylation is 1. The van der Waals surface area contributed by atoms with E-state index in [0.29, 0.717) is 36.5 Å². The minimum absolute atomic E-state index is 0.0979. The van der Waals surface area contributed by atoms with Crippen LogP contribution in [0.1, 0.15) is 20.3 Å². The molecule has 3 N–H and O–H groups in total. The van der Waals surface area contributed by atoms with Crippen LogP contribution in [0.5, 0.6) is 11.5 Å². The summed E-state index contributed by atoms with van der Waals surface area (Å²) in [5.74, 6) is 1.84. The van der Waals surface area contributed by atoms with Gasteiger partial charge in [-0.1, -0.05) is 0 Å². The number of aromatic nitrogens is 4. The van der Waals surface area contributed by atoms with E-state index in [2.05, 4.69) is 30.9 Å². The molecule has 0 fully saturated rings. The third-order valence-corrected chi connectivity index (χ3v) is 13.0. The predicted molar refractivity (Wildman–Crippen MR) is 134 cm³/mol. The number of fused-ring (bicyclic) bond motifs is 2. The number of nitrogens with two attached hydrogens (primary N) is 1. The van der Waals surface area contributed by atoms with Crippen molar-refractivity contribution in [1.82, 2.24) is 24.4 Å². The Morgan fingerprint density at radius 1 is 1.26 bits per heavy atom. The van der Waals surface area contributed by atoms with Gasteiger partial charge in [0, 0.05) is 0 Å². The Balaban J connectivity index is 1.71. The van der Waals surface area contributed by atoms with Crippen LogP contribution in [-0.4, -0.2) is 73.4 Å². The fraction of sp³-hybridized carbons (Fsp3) is 0.455. The second kappa shape index (κ2) is 9.68. The topological polar surface area (TPSA) is 129 Å². The maximum absolute atomic E-state index is 11.6. The summed E-state index contributed by atoms with van der Waals surface area (Å²) in [7, 11) is 0. The molecule has 10 nitrogen and oxygen atoms in total. The van der Waals surface area contributed by atoms with Crippen LogP contribution in [0.3, 0.4) is 0 Å². The molecule has 182 valence electrons. The Labute approximate surface area is 206 Å². The molecule has 0 radical (unpaired) electrons. The van der Waals surface area contributed by atoms with Gasteiger partial charge in [-0.15, -0.1) is 0 Å². The van der Waals surface area contributed by atoms with Crippen LogP contribution in [-0.2, 0) is 6.54 Å². The zero-order valence-electron chi connectivity index (χ0n) is 20.0. The van der Waals surface area contributed by atoms with E-state index >= 15 is 0 Å². The zero-order chi connectivity index (χ0) is 24.6. The fourth-order valence-electron chi connectivity index (χ4n) is 3.88. The van der Waals surface area contributed by atoms with E-state index in [1.165, 1.54) is 14.8 Å². The summed E-state index contributed by atoms with van der Waals surface area (Å²) in [5.41, 5.74) is 7.30. The van der Waals surface area contributed by atoms with E-state index in [4.69, 9.17) is 20.2 Å². The molecular weight excluding hydrogens is 563 g/mol. The van der Waals surface area contributed by atoms with Crippen LogP contribution in [0, 0.1) is 0 Å². The third-order valence-electron chi connectivity index (χ3n) is 5.66. The maximum atomic E-state index is 11.6. The number of imidazole rings is 1. The number of nitrogen functional groups attached to an aromatic ring is 1. The van der Waals surface area contributed by atoms with Gasteiger partial charge < -0.3 is 0 Å². The van der Waals surface area contributed by atoms with Gasteiger partial charge in [-0.3, -0.25) is 0 Å². The number of hydrogen-bond acceptors (Lipinski definition) is 8. The van der Waals surface area contributed by atoms with Crippen molar-refractivity contribution in [2.24, 2.45) is 0 Å². The Hall–Kier alpha value is -2.41. The fourth-order valence-corrected chi connectivity index (χ4v) is 11.3. The molecule has 4 rings (SSSR count). The summed E-state index contributed by atoms with van der Waals surface area (Å²) in [6.07, 6.45) is 1.12. The number of amides is 1. The average Bonchev–Trinajstić information content (AvgIpc) is 3.34. The van der Waals surface area contributed by atoms with Crippen LogP contribution < -0.4 is 18.8 Å². The molecule has 2 aromatic heterocycles. The number of ether oxygens (including phenoxy) is 2. The normalized spacial score (nSPS) is 13.1. The van der Waals surface area contributed by atoms with Gasteiger partial charge in [0.25, 0.3) is 0 Å². The molecule has 0 bridgehead atoms. The van der Waals surface area contributed by atoms with E-state index in [0.717, 1.165) is 21.6 Å². The SMILES string of the molecule is CC(C)N(CCCn1c(Sc2cc3c(c[c]2[Sn]([CH3])([CH3])[CH3])OCO3)nc2c(N)ncnc21)C(=O)O. The van der Waals surface area contributed by atoms with Crippen molar-refractivity contribution in [2.75, 3.05) is 19.1 Å². The Bertz CT molecular complexity index is 1230. The van der Waals surface area contributed by atoms with Crippen molar-refractivity contribution in [3.05, 3.63) is 18.5 Å². The second-order valence-electron chi connectivity index (χ2n) is 9.45. The van der Waals surface area contributed by atoms with Gasteiger partial charge in [-0.25, -0.2) is 0 Å². The van der Waals surface area contributed by atoms with E-state index in [-0.39, 0.29) is 12.8 Å². The Morgan fingerprint density at radius 3 is 2.62 bits per heavy atom. The molecule has 1 amide bonds. The van der Waals surface area contributed by atoms with Crippen LogP contribution in [0.25, 0.3) is 11.2 Å². The van der Waals surface area contributed by atoms with E-state index in [1.807, 2.05) is 24.5 Å². The third kappa shape index (κ3) is 4.99. The van der Waals surface area contributed by atoms with Crippen molar-refractivity contribution >= 4 is 56.8 Å². The van der Waals surface area contributed by atoms with Crippen molar-refractivity contribution in [3.8, 4) is 11.5 Å². The molecule has 0 aliphatic carbocycles. The molecule has 3 aromatic rings. The summed E-state index contributed by atoms with van der Waals surface area (Å²) >= 11 is -0.982. The monoisotopic (exact) mass is 594 g/mol. The van der Waals surface area contributed by atoms with Gasteiger partial charge in [0.15, 0.2) is 0 Å². The summed E-state index contributed by atoms with van der Waals surface area (Å²) in [4.78, 5) is 34.5. The second-order valence-corrected chi connectivity index (χ2v) is 24.8. The molecule has 34 heavy (non-hydrogen) atoms. The molecule has 0 saturated heterocycles. The van der Waals surface area contributed by atoms with Gasteiger partial charge in [-0.2, -0.15) is 0 Å². The molecule has 0 saturated carbocycles. The van der Waals surface area contributed by atoms with E-state index in [9.17, 15) is 9.90 Å². The van der Waals surface area contributed by atoms with Crippen molar-refractivity contribution in [1.29, 1.82) is 0 Å². The summed E-state index contributed by atoms with van der Waals surface area (Å²) in [6.45, 7) is 4.92. The van der Waals surface area contributed by atoms with Gasteiger partial charge in [-0.05, 0) is 0 Å². The summed E-state index contributed by atoms with van der Waals surface area (Å²) < 4.78 is 14.6. The van der Waals surface area contributed by atoms with Crippen LogP contribution in [0.2, 0.25) is 14.8 Å². The van der Waals surface area contributed by atoms with Crippen LogP contribution >= 0.6 is 11.8 Å². The number of carbonyl (C=O) groups is 1. The summed E-state index contributed by atoms with van der Waals surface area (Å²) in [6, 6.07) is 4.06.